The largest absolute Gasteiger partial charge is 0.299 e. The van der Waals surface area contributed by atoms with Gasteiger partial charge in [-0.3, -0.25) is 9.59 Å². The molecule has 0 spiro atoms. The molecule has 0 saturated heterocycles. The van der Waals surface area contributed by atoms with E-state index < -0.39 is 5.92 Å². The number of ketones is 2. The number of hydrogen-bond acceptors (Lipinski definition) is 3. The molecule has 2 aromatic carbocycles. The topological polar surface area (TPSA) is 57.9 Å². The van der Waals surface area contributed by atoms with E-state index in [-0.39, 0.29) is 18.0 Å². The molecule has 0 N–H and O–H groups in total. The average molecular weight is 277 g/mol. The summed E-state index contributed by atoms with van der Waals surface area (Å²) in [6.45, 7) is 1.50. The maximum Gasteiger partial charge on any atom is 0.163 e. The number of nitrogens with zero attached hydrogens (tertiary/aromatic N) is 1. The highest BCUT2D eigenvalue weighted by Crippen LogP contribution is 2.23. The van der Waals surface area contributed by atoms with Crippen molar-refractivity contribution < 1.29 is 9.59 Å². The van der Waals surface area contributed by atoms with Gasteiger partial charge in [0.1, 0.15) is 5.78 Å². The SMILES string of the molecule is CC(=O)[C@H](CC(=O)c1ccc(C#N)cc1)c1ccccc1. The lowest BCUT2D eigenvalue weighted by Crippen LogP contribution is -2.14. The van der Waals surface area contributed by atoms with Crippen molar-refractivity contribution in [2.24, 2.45) is 0 Å². The molecule has 0 unspecified atom stereocenters. The predicted octanol–water partition coefficient (Wildman–Crippen LogP) is 3.50. The molecule has 0 aliphatic heterocycles. The van der Waals surface area contributed by atoms with Crippen molar-refractivity contribution in [3.8, 4) is 6.07 Å². The van der Waals surface area contributed by atoms with Crippen LogP contribution in [0, 0.1) is 11.3 Å². The van der Waals surface area contributed by atoms with Crippen molar-refractivity contribution in [1.82, 2.24) is 0 Å². The number of Topliss-reactive ketones (excluding diaryl/α,β-unsaturated/α-hetero) is 2. The second kappa shape index (κ2) is 6.62. The average Bonchev–Trinajstić information content (AvgIpc) is 2.53. The standard InChI is InChI=1S/C18H15NO2/c1-13(20)17(15-5-3-2-4-6-15)11-18(21)16-9-7-14(12-19)8-10-16/h2-10,17H,11H2,1H3/t17-/m0/s1. The van der Waals surface area contributed by atoms with Gasteiger partial charge in [0.2, 0.25) is 0 Å². The minimum atomic E-state index is -0.422. The maximum atomic E-state index is 12.3. The van der Waals surface area contributed by atoms with Gasteiger partial charge in [0.05, 0.1) is 11.6 Å². The Morgan fingerprint density at radius 1 is 1.05 bits per heavy atom. The van der Waals surface area contributed by atoms with E-state index in [1.807, 2.05) is 36.4 Å². The molecule has 0 fully saturated rings. The fourth-order valence-corrected chi connectivity index (χ4v) is 2.22. The summed E-state index contributed by atoms with van der Waals surface area (Å²) in [5, 5.41) is 8.75. The van der Waals surface area contributed by atoms with Gasteiger partial charge in [0.15, 0.2) is 5.78 Å². The van der Waals surface area contributed by atoms with Crippen LogP contribution in [0.15, 0.2) is 54.6 Å². The van der Waals surface area contributed by atoms with Crippen LogP contribution in [0.3, 0.4) is 0 Å². The zero-order valence-corrected chi connectivity index (χ0v) is 11.7. The van der Waals surface area contributed by atoms with E-state index in [0.717, 1.165) is 5.56 Å². The van der Waals surface area contributed by atoms with Gasteiger partial charge < -0.3 is 0 Å². The van der Waals surface area contributed by atoms with Gasteiger partial charge in [-0.25, -0.2) is 0 Å². The molecule has 2 rings (SSSR count). The number of carbonyl (C=O) groups is 2. The zero-order chi connectivity index (χ0) is 15.2. The lowest BCUT2D eigenvalue weighted by atomic mass is 9.89. The van der Waals surface area contributed by atoms with Gasteiger partial charge in [0.25, 0.3) is 0 Å². The van der Waals surface area contributed by atoms with E-state index in [1.165, 1.54) is 6.92 Å². The molecule has 21 heavy (non-hydrogen) atoms. The number of hydrogen-bond donors (Lipinski definition) is 0. The Morgan fingerprint density at radius 2 is 1.67 bits per heavy atom. The lowest BCUT2D eigenvalue weighted by Gasteiger charge is -2.13. The van der Waals surface area contributed by atoms with E-state index in [0.29, 0.717) is 11.1 Å². The van der Waals surface area contributed by atoms with Crippen LogP contribution in [-0.2, 0) is 4.79 Å². The minimum absolute atomic E-state index is 0.0248. The predicted molar refractivity (Wildman–Crippen MR) is 80.0 cm³/mol. The summed E-state index contributed by atoms with van der Waals surface area (Å²) in [7, 11) is 0. The molecule has 0 bridgehead atoms. The highest BCUT2D eigenvalue weighted by molar-refractivity contribution is 6.00. The van der Waals surface area contributed by atoms with Gasteiger partial charge >= 0.3 is 0 Å². The van der Waals surface area contributed by atoms with E-state index in [9.17, 15) is 9.59 Å². The van der Waals surface area contributed by atoms with Gasteiger partial charge in [-0.2, -0.15) is 5.26 Å². The van der Waals surface area contributed by atoms with Gasteiger partial charge in [-0.15, -0.1) is 0 Å². The highest BCUT2D eigenvalue weighted by Gasteiger charge is 2.21. The van der Waals surface area contributed by atoms with Crippen LogP contribution in [0.2, 0.25) is 0 Å². The third-order valence-electron chi connectivity index (χ3n) is 3.42. The van der Waals surface area contributed by atoms with Crippen LogP contribution in [0.5, 0.6) is 0 Å². The molecule has 1 atom stereocenters. The van der Waals surface area contributed by atoms with E-state index in [2.05, 4.69) is 0 Å². The first kappa shape index (κ1) is 14.7. The third-order valence-corrected chi connectivity index (χ3v) is 3.42. The van der Waals surface area contributed by atoms with Crippen LogP contribution in [0.25, 0.3) is 0 Å². The molecule has 2 aromatic rings. The fourth-order valence-electron chi connectivity index (χ4n) is 2.22. The molecule has 0 radical (unpaired) electrons. The molecule has 0 aliphatic carbocycles. The Labute approximate surface area is 123 Å². The van der Waals surface area contributed by atoms with E-state index >= 15 is 0 Å². The molecule has 0 heterocycles. The first-order valence-electron chi connectivity index (χ1n) is 6.70. The van der Waals surface area contributed by atoms with Crippen LogP contribution < -0.4 is 0 Å². The third kappa shape index (κ3) is 3.64. The van der Waals surface area contributed by atoms with Crippen molar-refractivity contribution in [1.29, 1.82) is 5.26 Å². The number of carbonyl (C=O) groups excluding carboxylic acids is 2. The monoisotopic (exact) mass is 277 g/mol. The normalized spacial score (nSPS) is 11.4. The van der Waals surface area contributed by atoms with Gasteiger partial charge in [0, 0.05) is 17.9 Å². The minimum Gasteiger partial charge on any atom is -0.299 e. The molecular weight excluding hydrogens is 262 g/mol. The quantitative estimate of drug-likeness (QED) is 0.786. The summed E-state index contributed by atoms with van der Waals surface area (Å²) in [5.41, 5.74) is 1.89. The Hall–Kier alpha value is -2.73. The van der Waals surface area contributed by atoms with E-state index in [4.69, 9.17) is 5.26 Å². The van der Waals surface area contributed by atoms with Gasteiger partial charge in [-0.1, -0.05) is 42.5 Å². The molecule has 3 heteroatoms. The summed E-state index contributed by atoms with van der Waals surface area (Å²) in [6.07, 6.45) is 0.144. The summed E-state index contributed by atoms with van der Waals surface area (Å²) in [4.78, 5) is 24.1. The Morgan fingerprint density at radius 3 is 2.19 bits per heavy atom. The Kier molecular flexibility index (Phi) is 4.63. The second-order valence-electron chi connectivity index (χ2n) is 4.89. The summed E-state index contributed by atoms with van der Waals surface area (Å²) < 4.78 is 0. The highest BCUT2D eigenvalue weighted by atomic mass is 16.1. The number of benzene rings is 2. The number of nitriles is 1. The van der Waals surface area contributed by atoms with Crippen LogP contribution >= 0.6 is 0 Å². The zero-order valence-electron chi connectivity index (χ0n) is 11.7. The molecule has 0 saturated carbocycles. The molecule has 0 aliphatic rings. The fraction of sp³-hybridized carbons (Fsp3) is 0.167. The molecule has 3 nitrogen and oxygen atoms in total. The molecule has 0 amide bonds. The number of rotatable bonds is 5. The van der Waals surface area contributed by atoms with Crippen molar-refractivity contribution in [3.05, 3.63) is 71.3 Å². The second-order valence-corrected chi connectivity index (χ2v) is 4.89. The molecule has 104 valence electrons. The summed E-state index contributed by atoms with van der Waals surface area (Å²) >= 11 is 0. The molecular formula is C18H15NO2. The maximum absolute atomic E-state index is 12.3. The summed E-state index contributed by atoms with van der Waals surface area (Å²) in [5.74, 6) is -0.541. The smallest absolute Gasteiger partial charge is 0.163 e. The Balaban J connectivity index is 2.19. The van der Waals surface area contributed by atoms with Crippen molar-refractivity contribution in [3.63, 3.8) is 0 Å². The first-order chi connectivity index (χ1) is 10.1. The Bertz CT molecular complexity index is 681. The van der Waals surface area contributed by atoms with Crippen molar-refractivity contribution >= 4 is 11.6 Å². The van der Waals surface area contributed by atoms with Crippen LogP contribution in [-0.4, -0.2) is 11.6 Å². The van der Waals surface area contributed by atoms with Crippen molar-refractivity contribution in [2.75, 3.05) is 0 Å². The molecule has 0 aromatic heterocycles. The van der Waals surface area contributed by atoms with Crippen LogP contribution in [0.1, 0.15) is 40.7 Å². The van der Waals surface area contributed by atoms with Crippen molar-refractivity contribution in [2.45, 2.75) is 19.3 Å². The van der Waals surface area contributed by atoms with Crippen LogP contribution in [0.4, 0.5) is 0 Å². The summed E-state index contributed by atoms with van der Waals surface area (Å²) in [6, 6.07) is 17.8. The lowest BCUT2D eigenvalue weighted by molar-refractivity contribution is -0.118. The van der Waals surface area contributed by atoms with E-state index in [1.54, 1.807) is 24.3 Å². The first-order valence-corrected chi connectivity index (χ1v) is 6.70. The van der Waals surface area contributed by atoms with Gasteiger partial charge in [-0.05, 0) is 24.6 Å².